The van der Waals surface area contributed by atoms with Gasteiger partial charge in [0.15, 0.2) is 0 Å². The molecule has 0 aliphatic carbocycles. The highest BCUT2D eigenvalue weighted by Crippen LogP contribution is 2.32. The average Bonchev–Trinajstić information content (AvgIpc) is 3.17. The molecular weight excluding hydrogens is 332 g/mol. The Morgan fingerprint density at radius 2 is 2.12 bits per heavy atom. The SMILES string of the molecule is Cc1cc(C)c2c(CC(=O)N3CCCC4(CNC(=O)O4)C3)coc2c1C. The fourth-order valence-corrected chi connectivity index (χ4v) is 4.23. The zero-order chi connectivity index (χ0) is 18.5. The van der Waals surface area contributed by atoms with E-state index in [0.29, 0.717) is 26.1 Å². The summed E-state index contributed by atoms with van der Waals surface area (Å²) in [7, 11) is 0. The Morgan fingerprint density at radius 3 is 2.85 bits per heavy atom. The first-order chi connectivity index (χ1) is 12.4. The third kappa shape index (κ3) is 2.73. The number of piperidine rings is 1. The molecule has 0 saturated carbocycles. The average molecular weight is 356 g/mol. The molecule has 1 aromatic heterocycles. The molecule has 138 valence electrons. The zero-order valence-electron chi connectivity index (χ0n) is 15.5. The molecule has 1 aromatic carbocycles. The number of ether oxygens (including phenoxy) is 1. The lowest BCUT2D eigenvalue weighted by molar-refractivity contribution is -0.136. The topological polar surface area (TPSA) is 71.8 Å². The van der Waals surface area contributed by atoms with Gasteiger partial charge in [0, 0.05) is 17.5 Å². The van der Waals surface area contributed by atoms with E-state index in [1.54, 1.807) is 6.26 Å². The van der Waals surface area contributed by atoms with Crippen LogP contribution in [-0.2, 0) is 16.0 Å². The highest BCUT2D eigenvalue weighted by Gasteiger charge is 2.44. The Morgan fingerprint density at radius 1 is 1.31 bits per heavy atom. The number of hydrogen-bond acceptors (Lipinski definition) is 4. The maximum Gasteiger partial charge on any atom is 0.407 e. The largest absolute Gasteiger partial charge is 0.464 e. The van der Waals surface area contributed by atoms with E-state index < -0.39 is 5.60 Å². The van der Waals surface area contributed by atoms with E-state index >= 15 is 0 Å². The standard InChI is InChI=1S/C20H24N2O4/c1-12-7-13(2)17-15(9-25-18(17)14(12)3)8-16(23)22-6-4-5-20(11-22)10-21-19(24)26-20/h7,9H,4-6,8,10-11H2,1-3H3,(H,21,24). The minimum atomic E-state index is -0.562. The Balaban J connectivity index is 1.56. The van der Waals surface area contributed by atoms with Crippen LogP contribution in [0.5, 0.6) is 0 Å². The number of furan rings is 1. The van der Waals surface area contributed by atoms with Gasteiger partial charge in [0.25, 0.3) is 0 Å². The van der Waals surface area contributed by atoms with Crippen molar-refractivity contribution in [3.8, 4) is 0 Å². The first kappa shape index (κ1) is 16.9. The summed E-state index contributed by atoms with van der Waals surface area (Å²) in [6.07, 6.45) is 3.25. The van der Waals surface area contributed by atoms with Crippen molar-refractivity contribution in [3.63, 3.8) is 0 Å². The molecule has 1 N–H and O–H groups in total. The summed E-state index contributed by atoms with van der Waals surface area (Å²) in [5.74, 6) is 0.0485. The molecule has 1 unspecified atom stereocenters. The maximum atomic E-state index is 12.9. The van der Waals surface area contributed by atoms with Gasteiger partial charge in [-0.2, -0.15) is 0 Å². The Hall–Kier alpha value is -2.50. The summed E-state index contributed by atoms with van der Waals surface area (Å²) >= 11 is 0. The molecule has 2 aliphatic rings. The van der Waals surface area contributed by atoms with Crippen LogP contribution in [0.1, 0.15) is 35.1 Å². The predicted molar refractivity (Wildman–Crippen MR) is 97.2 cm³/mol. The third-order valence-electron chi connectivity index (χ3n) is 5.72. The van der Waals surface area contributed by atoms with Gasteiger partial charge in [-0.3, -0.25) is 4.79 Å². The second-order valence-electron chi connectivity index (χ2n) is 7.62. The van der Waals surface area contributed by atoms with Crippen LogP contribution >= 0.6 is 0 Å². The molecule has 0 radical (unpaired) electrons. The van der Waals surface area contributed by atoms with Crippen LogP contribution in [0.3, 0.4) is 0 Å². The number of likely N-dealkylation sites (tertiary alicyclic amines) is 1. The number of nitrogens with zero attached hydrogens (tertiary/aromatic N) is 1. The lowest BCUT2D eigenvalue weighted by atomic mass is 9.92. The van der Waals surface area contributed by atoms with Gasteiger partial charge in [-0.1, -0.05) is 6.07 Å². The third-order valence-corrected chi connectivity index (χ3v) is 5.72. The summed E-state index contributed by atoms with van der Waals surface area (Å²) in [6, 6.07) is 2.14. The second kappa shape index (κ2) is 6.04. The summed E-state index contributed by atoms with van der Waals surface area (Å²) in [4.78, 5) is 26.2. The van der Waals surface area contributed by atoms with E-state index in [1.807, 2.05) is 11.8 Å². The molecule has 3 heterocycles. The monoisotopic (exact) mass is 356 g/mol. The first-order valence-corrected chi connectivity index (χ1v) is 9.10. The quantitative estimate of drug-likeness (QED) is 0.898. The van der Waals surface area contributed by atoms with Gasteiger partial charge in [-0.05, 0) is 50.3 Å². The van der Waals surface area contributed by atoms with Crippen molar-refractivity contribution in [1.82, 2.24) is 10.2 Å². The normalized spacial score (nSPS) is 22.7. The van der Waals surface area contributed by atoms with Gasteiger partial charge in [0.2, 0.25) is 5.91 Å². The minimum Gasteiger partial charge on any atom is -0.464 e. The number of carbonyl (C=O) groups is 2. The molecule has 6 heteroatoms. The molecule has 1 spiro atoms. The van der Waals surface area contributed by atoms with E-state index in [1.165, 1.54) is 5.56 Å². The van der Waals surface area contributed by atoms with Crippen LogP contribution in [0.4, 0.5) is 4.79 Å². The maximum absolute atomic E-state index is 12.9. The van der Waals surface area contributed by atoms with E-state index in [4.69, 9.17) is 9.15 Å². The highest BCUT2D eigenvalue weighted by molar-refractivity contribution is 5.92. The van der Waals surface area contributed by atoms with Crippen molar-refractivity contribution < 1.29 is 18.7 Å². The molecule has 2 fully saturated rings. The van der Waals surface area contributed by atoms with Crippen LogP contribution in [0.15, 0.2) is 16.7 Å². The van der Waals surface area contributed by atoms with Crippen molar-refractivity contribution in [3.05, 3.63) is 34.6 Å². The molecule has 2 aromatic rings. The Labute approximate surface area is 152 Å². The number of aryl methyl sites for hydroxylation is 3. The van der Waals surface area contributed by atoms with Crippen molar-refractivity contribution in [1.29, 1.82) is 0 Å². The van der Waals surface area contributed by atoms with Crippen molar-refractivity contribution >= 4 is 23.0 Å². The number of fused-ring (bicyclic) bond motifs is 1. The molecule has 1 atom stereocenters. The Kier molecular flexibility index (Phi) is 3.93. The molecular formula is C20H24N2O4. The number of benzene rings is 1. The predicted octanol–water partition coefficient (Wildman–Crippen LogP) is 3.00. The van der Waals surface area contributed by atoms with Gasteiger partial charge < -0.3 is 19.4 Å². The summed E-state index contributed by atoms with van der Waals surface area (Å²) in [5, 5.41) is 3.76. The molecule has 2 saturated heterocycles. The molecule has 0 bridgehead atoms. The van der Waals surface area contributed by atoms with E-state index in [9.17, 15) is 9.59 Å². The van der Waals surface area contributed by atoms with Gasteiger partial charge in [-0.15, -0.1) is 0 Å². The van der Waals surface area contributed by atoms with Gasteiger partial charge in [0.05, 0.1) is 25.8 Å². The zero-order valence-corrected chi connectivity index (χ0v) is 15.5. The fraction of sp³-hybridized carbons (Fsp3) is 0.500. The van der Waals surface area contributed by atoms with Gasteiger partial charge in [-0.25, -0.2) is 4.79 Å². The number of hydrogen-bond donors (Lipinski definition) is 1. The van der Waals surface area contributed by atoms with Crippen LogP contribution < -0.4 is 5.32 Å². The van der Waals surface area contributed by atoms with Gasteiger partial charge in [0.1, 0.15) is 11.2 Å². The molecule has 2 amide bonds. The second-order valence-corrected chi connectivity index (χ2v) is 7.62. The summed E-state index contributed by atoms with van der Waals surface area (Å²) < 4.78 is 11.2. The van der Waals surface area contributed by atoms with E-state index in [2.05, 4.69) is 25.2 Å². The van der Waals surface area contributed by atoms with Crippen LogP contribution in [0.25, 0.3) is 11.0 Å². The lowest BCUT2D eigenvalue weighted by Gasteiger charge is -2.38. The molecule has 6 nitrogen and oxygen atoms in total. The fourth-order valence-electron chi connectivity index (χ4n) is 4.23. The van der Waals surface area contributed by atoms with E-state index in [-0.39, 0.29) is 12.0 Å². The van der Waals surface area contributed by atoms with Gasteiger partial charge >= 0.3 is 6.09 Å². The van der Waals surface area contributed by atoms with Crippen LogP contribution in [0, 0.1) is 20.8 Å². The van der Waals surface area contributed by atoms with Crippen LogP contribution in [0.2, 0.25) is 0 Å². The molecule has 4 rings (SSSR count). The smallest absolute Gasteiger partial charge is 0.407 e. The Bertz CT molecular complexity index is 901. The van der Waals surface area contributed by atoms with E-state index in [0.717, 1.165) is 40.5 Å². The van der Waals surface area contributed by atoms with Crippen molar-refractivity contribution in [2.24, 2.45) is 0 Å². The summed E-state index contributed by atoms with van der Waals surface area (Å²) in [5.41, 5.74) is 4.67. The highest BCUT2D eigenvalue weighted by atomic mass is 16.6. The lowest BCUT2D eigenvalue weighted by Crippen LogP contribution is -2.52. The minimum absolute atomic E-state index is 0.0485. The number of rotatable bonds is 2. The number of alkyl carbamates (subject to hydrolysis) is 1. The van der Waals surface area contributed by atoms with Crippen molar-refractivity contribution in [2.75, 3.05) is 19.6 Å². The van der Waals surface area contributed by atoms with Crippen molar-refractivity contribution in [2.45, 2.75) is 45.6 Å². The first-order valence-electron chi connectivity index (χ1n) is 9.10. The number of carbonyl (C=O) groups excluding carboxylic acids is 2. The number of nitrogens with one attached hydrogen (secondary N) is 1. The summed E-state index contributed by atoms with van der Waals surface area (Å²) in [6.45, 7) is 7.80. The molecule has 2 aliphatic heterocycles. The van der Waals surface area contributed by atoms with Crippen LogP contribution in [-0.4, -0.2) is 42.1 Å². The molecule has 26 heavy (non-hydrogen) atoms. The number of amides is 2.